The molecule has 0 saturated carbocycles. The number of hydrogen-bond acceptors (Lipinski definition) is 2. The normalized spacial score (nSPS) is 25.6. The Bertz CT molecular complexity index is 912. The molecule has 2 heterocycles. The molecule has 1 unspecified atom stereocenters. The predicted octanol–water partition coefficient (Wildman–Crippen LogP) is 2.23. The zero-order chi connectivity index (χ0) is 17.8. The van der Waals surface area contributed by atoms with Crippen molar-refractivity contribution in [1.29, 1.82) is 0 Å². The molecule has 4 nitrogen and oxygen atoms in total. The highest BCUT2D eigenvalue weighted by Gasteiger charge is 2.48. The van der Waals surface area contributed by atoms with E-state index in [1.165, 1.54) is 16.0 Å². The Hall–Kier alpha value is -1.56. The number of hydrogen-bond donors (Lipinski definition) is 1. The highest BCUT2D eigenvalue weighted by Crippen LogP contribution is 2.45. The third kappa shape index (κ3) is 2.75. The van der Waals surface area contributed by atoms with E-state index >= 15 is 0 Å². The van der Waals surface area contributed by atoms with Gasteiger partial charge < -0.3 is 4.90 Å². The van der Waals surface area contributed by atoms with Gasteiger partial charge in [-0.05, 0) is 42.8 Å². The van der Waals surface area contributed by atoms with Crippen LogP contribution in [0.15, 0.2) is 47.4 Å². The highest BCUT2D eigenvalue weighted by atomic mass is 35.5. The molecule has 2 aromatic rings. The van der Waals surface area contributed by atoms with Gasteiger partial charge in [0.25, 0.3) is 10.0 Å². The summed E-state index contributed by atoms with van der Waals surface area (Å²) in [5.74, 6) is 0.255. The minimum atomic E-state index is -3.60. The fourth-order valence-electron chi connectivity index (χ4n) is 4.19. The van der Waals surface area contributed by atoms with Gasteiger partial charge in [-0.25, -0.2) is 8.42 Å². The maximum Gasteiger partial charge on any atom is 0.264 e. The lowest BCUT2D eigenvalue weighted by molar-refractivity contribution is -0.886. The topological polar surface area (TPSA) is 41.8 Å². The van der Waals surface area contributed by atoms with E-state index in [2.05, 4.69) is 20.0 Å². The molecule has 0 bridgehead atoms. The number of nitrogens with one attached hydrogen (secondary N) is 1. The van der Waals surface area contributed by atoms with Gasteiger partial charge in [0.1, 0.15) is 0 Å². The summed E-state index contributed by atoms with van der Waals surface area (Å²) in [6.07, 6.45) is 0.872. The molecule has 2 aliphatic heterocycles. The first kappa shape index (κ1) is 16.9. The average Bonchev–Trinajstić information content (AvgIpc) is 2.89. The molecule has 4 rings (SSSR count). The number of halogens is 1. The molecule has 0 spiro atoms. The van der Waals surface area contributed by atoms with Gasteiger partial charge in [0.15, 0.2) is 0 Å². The fourth-order valence-corrected chi connectivity index (χ4v) is 6.05. The molecule has 1 fully saturated rings. The van der Waals surface area contributed by atoms with E-state index in [4.69, 9.17) is 11.6 Å². The van der Waals surface area contributed by atoms with Crippen molar-refractivity contribution in [3.05, 3.63) is 58.6 Å². The van der Waals surface area contributed by atoms with Crippen LogP contribution in [0.1, 0.15) is 23.5 Å². The van der Waals surface area contributed by atoms with E-state index in [0.717, 1.165) is 25.2 Å². The first-order valence-electron chi connectivity index (χ1n) is 8.60. The van der Waals surface area contributed by atoms with Crippen LogP contribution in [0.25, 0.3) is 0 Å². The number of anilines is 1. The number of likely N-dealkylation sites (tertiary alicyclic amines) is 1. The maximum atomic E-state index is 13.4. The third-order valence-electron chi connectivity index (χ3n) is 5.39. The molecule has 0 aliphatic carbocycles. The van der Waals surface area contributed by atoms with E-state index in [-0.39, 0.29) is 12.0 Å². The number of sulfonamides is 1. The van der Waals surface area contributed by atoms with Gasteiger partial charge in [0.05, 0.1) is 42.7 Å². The van der Waals surface area contributed by atoms with Crippen LogP contribution < -0.4 is 9.21 Å². The van der Waals surface area contributed by atoms with Gasteiger partial charge in [-0.3, -0.25) is 4.31 Å². The summed E-state index contributed by atoms with van der Waals surface area (Å²) in [6.45, 7) is 4.01. The summed E-state index contributed by atoms with van der Waals surface area (Å²) in [6, 6.07) is 12.6. The number of benzene rings is 2. The monoisotopic (exact) mass is 377 g/mol. The van der Waals surface area contributed by atoms with Gasteiger partial charge in [0, 0.05) is 11.4 Å². The summed E-state index contributed by atoms with van der Waals surface area (Å²) in [5, 5.41) is 0.539. The number of aryl methyl sites for hydroxylation is 1. The van der Waals surface area contributed by atoms with Crippen LogP contribution in [0, 0.1) is 6.92 Å². The third-order valence-corrected chi connectivity index (χ3v) is 7.50. The lowest BCUT2D eigenvalue weighted by Gasteiger charge is -2.34. The Morgan fingerprint density at radius 3 is 2.60 bits per heavy atom. The van der Waals surface area contributed by atoms with Crippen LogP contribution in [0.2, 0.25) is 5.02 Å². The largest absolute Gasteiger partial charge is 0.337 e. The molecule has 25 heavy (non-hydrogen) atoms. The number of piperidine rings is 1. The van der Waals surface area contributed by atoms with Gasteiger partial charge in [0.2, 0.25) is 0 Å². The molecule has 2 aromatic carbocycles. The smallest absolute Gasteiger partial charge is 0.264 e. The number of rotatable bonds is 2. The lowest BCUT2D eigenvalue weighted by Crippen LogP contribution is -3.11. The molecule has 0 radical (unpaired) electrons. The maximum absolute atomic E-state index is 13.4. The Kier molecular flexibility index (Phi) is 4.06. The van der Waals surface area contributed by atoms with Gasteiger partial charge in [-0.2, -0.15) is 0 Å². The van der Waals surface area contributed by atoms with Crippen molar-refractivity contribution in [2.75, 3.05) is 24.4 Å². The molecule has 1 saturated heterocycles. The lowest BCUT2D eigenvalue weighted by atomic mass is 9.89. The first-order chi connectivity index (χ1) is 11.9. The predicted molar refractivity (Wildman–Crippen MR) is 100 cm³/mol. The zero-order valence-corrected chi connectivity index (χ0v) is 15.9. The molecule has 0 amide bonds. The summed E-state index contributed by atoms with van der Waals surface area (Å²) in [5.41, 5.74) is 3.18. The van der Waals surface area contributed by atoms with E-state index in [9.17, 15) is 8.42 Å². The number of likely N-dealkylation sites (N-methyl/N-ethyl adjacent to an activating group) is 1. The van der Waals surface area contributed by atoms with Crippen molar-refractivity contribution >= 4 is 27.3 Å². The second kappa shape index (κ2) is 6.01. The summed E-state index contributed by atoms with van der Waals surface area (Å²) >= 11 is 5.94. The molecule has 1 N–H and O–H groups in total. The summed E-state index contributed by atoms with van der Waals surface area (Å²) in [7, 11) is -1.42. The van der Waals surface area contributed by atoms with Crippen LogP contribution in [0.5, 0.6) is 0 Å². The molecule has 2 aliphatic rings. The summed E-state index contributed by atoms with van der Waals surface area (Å²) in [4.78, 5) is 1.76. The van der Waals surface area contributed by atoms with Crippen LogP contribution in [-0.2, 0) is 10.0 Å². The van der Waals surface area contributed by atoms with Crippen molar-refractivity contribution in [2.45, 2.75) is 30.2 Å². The average molecular weight is 378 g/mol. The Morgan fingerprint density at radius 2 is 1.88 bits per heavy atom. The Labute approximate surface area is 154 Å². The Morgan fingerprint density at radius 1 is 1.16 bits per heavy atom. The highest BCUT2D eigenvalue weighted by molar-refractivity contribution is 7.92. The van der Waals surface area contributed by atoms with Crippen molar-refractivity contribution in [2.24, 2.45) is 0 Å². The number of fused-ring (bicyclic) bond motifs is 3. The summed E-state index contributed by atoms with van der Waals surface area (Å²) < 4.78 is 28.5. The van der Waals surface area contributed by atoms with Crippen molar-refractivity contribution in [3.63, 3.8) is 0 Å². The minimum Gasteiger partial charge on any atom is -0.337 e. The van der Waals surface area contributed by atoms with Crippen LogP contribution >= 0.6 is 11.6 Å². The van der Waals surface area contributed by atoms with Gasteiger partial charge in [-0.1, -0.05) is 29.3 Å². The number of quaternary nitrogens is 1. The Balaban J connectivity index is 1.85. The van der Waals surface area contributed by atoms with Crippen LogP contribution in [-0.4, -0.2) is 34.6 Å². The minimum absolute atomic E-state index is 0.00109. The van der Waals surface area contributed by atoms with Gasteiger partial charge in [-0.15, -0.1) is 0 Å². The van der Waals surface area contributed by atoms with E-state index in [1.807, 2.05) is 12.1 Å². The van der Waals surface area contributed by atoms with Gasteiger partial charge >= 0.3 is 0 Å². The van der Waals surface area contributed by atoms with Crippen LogP contribution in [0.4, 0.5) is 5.69 Å². The number of nitrogens with zero attached hydrogens (tertiary/aromatic N) is 1. The van der Waals surface area contributed by atoms with Crippen LogP contribution in [0.3, 0.4) is 0 Å². The molecule has 132 valence electrons. The van der Waals surface area contributed by atoms with E-state index in [1.54, 1.807) is 28.6 Å². The standard InChI is InChI=1S/C19H21ClN2O2S/c1-13-3-8-18-16(11-13)17-12-21(2)10-9-19(17)22(18)25(23,24)15-6-4-14(20)5-7-15/h3-8,11,17,19H,9-10,12H2,1-2H3/p+1/t17-,19-/m0/s1. The van der Waals surface area contributed by atoms with E-state index < -0.39 is 10.0 Å². The molecular weight excluding hydrogens is 356 g/mol. The van der Waals surface area contributed by atoms with Crippen molar-refractivity contribution in [1.82, 2.24) is 0 Å². The van der Waals surface area contributed by atoms with Crippen molar-refractivity contribution in [3.8, 4) is 0 Å². The second-order valence-electron chi connectivity index (χ2n) is 7.19. The molecule has 0 aromatic heterocycles. The SMILES string of the molecule is Cc1ccc2c(c1)[C@@H]1C[NH+](C)CC[C@@H]1N2S(=O)(=O)c1ccc(Cl)cc1. The van der Waals surface area contributed by atoms with Crippen molar-refractivity contribution < 1.29 is 13.3 Å². The zero-order valence-electron chi connectivity index (χ0n) is 14.4. The molecule has 3 atom stereocenters. The second-order valence-corrected chi connectivity index (χ2v) is 9.44. The first-order valence-corrected chi connectivity index (χ1v) is 10.4. The molecule has 6 heteroatoms. The fraction of sp³-hybridized carbons (Fsp3) is 0.368. The molecular formula is C19H22ClN2O2S+. The van der Waals surface area contributed by atoms with E-state index in [0.29, 0.717) is 9.92 Å². The quantitative estimate of drug-likeness (QED) is 0.872.